The smallest absolute Gasteiger partial charge is 0.265 e. The van der Waals surface area contributed by atoms with Crippen LogP contribution in [-0.2, 0) is 0 Å². The van der Waals surface area contributed by atoms with Gasteiger partial charge in [0.05, 0.1) is 34.6 Å². The van der Waals surface area contributed by atoms with Gasteiger partial charge in [0.25, 0.3) is 5.56 Å². The molecule has 0 amide bonds. The number of anilines is 1. The highest BCUT2D eigenvalue weighted by atomic mass is 16.5. The van der Waals surface area contributed by atoms with Gasteiger partial charge in [0.2, 0.25) is 0 Å². The number of aryl methyl sites for hydroxylation is 1. The normalized spacial score (nSPS) is 11.9. The van der Waals surface area contributed by atoms with E-state index in [1.165, 1.54) is 4.40 Å². The number of nitrogens with one attached hydrogen (secondary N) is 1. The molecule has 3 heterocycles. The predicted molar refractivity (Wildman–Crippen MR) is 142 cm³/mol. The fourth-order valence-corrected chi connectivity index (χ4v) is 4.49. The van der Waals surface area contributed by atoms with Crippen LogP contribution in [0.3, 0.4) is 0 Å². The minimum atomic E-state index is -0.239. The zero-order chi connectivity index (χ0) is 25.7. The Morgan fingerprint density at radius 3 is 2.46 bits per heavy atom. The van der Waals surface area contributed by atoms with Gasteiger partial charge in [-0.05, 0) is 73.5 Å². The lowest BCUT2D eigenvalue weighted by Gasteiger charge is -2.06. The molecule has 0 aliphatic carbocycles. The molecule has 9 nitrogen and oxygen atoms in total. The third kappa shape index (κ3) is 3.54. The quantitative estimate of drug-likeness (QED) is 0.404. The van der Waals surface area contributed by atoms with Gasteiger partial charge in [-0.15, -0.1) is 10.2 Å². The largest absolute Gasteiger partial charge is 0.497 e. The number of imidazole rings is 1. The average molecular weight is 488 g/mol. The fourth-order valence-electron chi connectivity index (χ4n) is 4.49. The van der Waals surface area contributed by atoms with E-state index < -0.39 is 0 Å². The zero-order valence-electron chi connectivity index (χ0n) is 20.4. The van der Waals surface area contributed by atoms with Gasteiger partial charge in [0, 0.05) is 11.9 Å². The summed E-state index contributed by atoms with van der Waals surface area (Å²) in [5.74, 6) is 0.757. The summed E-state index contributed by atoms with van der Waals surface area (Å²) in [6.07, 6.45) is 1.65. The number of nitriles is 1. The second kappa shape index (κ2) is 8.46. The molecule has 1 N–H and O–H groups in total. The predicted octanol–water partition coefficient (Wildman–Crippen LogP) is 3.65. The number of aromatic nitrogens is 5. The lowest BCUT2D eigenvalue weighted by molar-refractivity contribution is 0.414. The Bertz CT molecular complexity index is 2000. The van der Waals surface area contributed by atoms with Gasteiger partial charge in [-0.25, -0.2) is 4.98 Å². The summed E-state index contributed by atoms with van der Waals surface area (Å²) < 4.78 is 6.73. The molecule has 0 saturated carbocycles. The Morgan fingerprint density at radius 2 is 1.73 bits per heavy atom. The summed E-state index contributed by atoms with van der Waals surface area (Å²) in [7, 11) is 1.62. The lowest BCUT2D eigenvalue weighted by Crippen LogP contribution is -2.34. The standard InChI is InChI=1S/C28H21N7O2/c1-16-12-24-25(33-35(32-24)18-8-10-19(37-3)11-9-18)13-23(16)30-15-21-17(2)20(14-29)27-31-22-6-4-5-7-26(22)34(27)28(21)36/h4-13,15,30H,1-3H3/b21-15-. The van der Waals surface area contributed by atoms with Gasteiger partial charge in [0.15, 0.2) is 5.65 Å². The Hall–Kier alpha value is -5.23. The molecule has 9 heteroatoms. The number of ether oxygens (including phenoxy) is 1. The van der Waals surface area contributed by atoms with Gasteiger partial charge >= 0.3 is 0 Å². The molecule has 180 valence electrons. The molecule has 6 aromatic rings. The number of rotatable bonds is 4. The van der Waals surface area contributed by atoms with Crippen molar-refractivity contribution in [3.05, 3.63) is 92.9 Å². The lowest BCUT2D eigenvalue weighted by atomic mass is 10.1. The van der Waals surface area contributed by atoms with Crippen LogP contribution in [0.4, 0.5) is 5.69 Å². The molecular weight excluding hydrogens is 466 g/mol. The summed E-state index contributed by atoms with van der Waals surface area (Å²) in [6.45, 7) is 3.73. The van der Waals surface area contributed by atoms with E-state index in [1.54, 1.807) is 25.0 Å². The van der Waals surface area contributed by atoms with Crippen LogP contribution in [0.15, 0.2) is 65.5 Å². The average Bonchev–Trinajstić information content (AvgIpc) is 3.50. The molecule has 0 unspecified atom stereocenters. The van der Waals surface area contributed by atoms with E-state index >= 15 is 0 Å². The summed E-state index contributed by atoms with van der Waals surface area (Å²) in [6, 6.07) is 20.9. The molecule has 3 aromatic heterocycles. The van der Waals surface area contributed by atoms with Crippen LogP contribution in [0.25, 0.3) is 39.6 Å². The van der Waals surface area contributed by atoms with Crippen LogP contribution in [0.2, 0.25) is 0 Å². The number of pyridine rings is 1. The monoisotopic (exact) mass is 487 g/mol. The third-order valence-corrected chi connectivity index (χ3v) is 6.51. The Kier molecular flexibility index (Phi) is 5.09. The maximum atomic E-state index is 13.5. The highest BCUT2D eigenvalue weighted by molar-refractivity contribution is 5.84. The topological polar surface area (TPSA) is 110 Å². The molecule has 0 atom stereocenters. The number of nitrogens with zero attached hydrogens (tertiary/aromatic N) is 6. The van der Waals surface area contributed by atoms with Crippen molar-refractivity contribution in [3.8, 4) is 17.5 Å². The number of hydrogen-bond donors (Lipinski definition) is 1. The van der Waals surface area contributed by atoms with E-state index in [2.05, 4.69) is 26.6 Å². The minimum absolute atomic E-state index is 0.239. The third-order valence-electron chi connectivity index (χ3n) is 6.51. The molecule has 0 aliphatic heterocycles. The molecular formula is C28H21N7O2. The first-order valence-electron chi connectivity index (χ1n) is 11.6. The molecule has 0 saturated heterocycles. The minimum Gasteiger partial charge on any atom is -0.497 e. The van der Waals surface area contributed by atoms with Crippen LogP contribution in [0.1, 0.15) is 16.7 Å². The summed E-state index contributed by atoms with van der Waals surface area (Å²) in [4.78, 5) is 19.6. The molecule has 6 rings (SSSR count). The first kappa shape index (κ1) is 22.2. The first-order valence-corrected chi connectivity index (χ1v) is 11.6. The van der Waals surface area contributed by atoms with Crippen molar-refractivity contribution < 1.29 is 4.74 Å². The van der Waals surface area contributed by atoms with E-state index in [-0.39, 0.29) is 5.56 Å². The van der Waals surface area contributed by atoms with E-state index in [1.807, 2.05) is 67.6 Å². The van der Waals surface area contributed by atoms with Crippen LogP contribution in [0.5, 0.6) is 5.75 Å². The van der Waals surface area contributed by atoms with Crippen LogP contribution < -0.4 is 20.8 Å². The highest BCUT2D eigenvalue weighted by Gasteiger charge is 2.16. The van der Waals surface area contributed by atoms with Crippen LogP contribution in [-0.4, -0.2) is 31.5 Å². The van der Waals surface area contributed by atoms with Crippen molar-refractivity contribution in [1.82, 2.24) is 24.4 Å². The number of benzene rings is 3. The van der Waals surface area contributed by atoms with Crippen molar-refractivity contribution in [2.24, 2.45) is 0 Å². The van der Waals surface area contributed by atoms with E-state index in [9.17, 15) is 10.1 Å². The van der Waals surface area contributed by atoms with Crippen LogP contribution in [0, 0.1) is 25.2 Å². The van der Waals surface area contributed by atoms with Crippen molar-refractivity contribution >= 4 is 39.6 Å². The first-order chi connectivity index (χ1) is 18.0. The second-order valence-electron chi connectivity index (χ2n) is 8.72. The van der Waals surface area contributed by atoms with Crippen LogP contribution >= 0.6 is 0 Å². The molecule has 3 aromatic carbocycles. The molecule has 0 bridgehead atoms. The molecule has 37 heavy (non-hydrogen) atoms. The Labute approximate surface area is 210 Å². The molecule has 0 spiro atoms. The van der Waals surface area contributed by atoms with Gasteiger partial charge in [-0.1, -0.05) is 12.1 Å². The maximum absolute atomic E-state index is 13.5. The zero-order valence-corrected chi connectivity index (χ0v) is 20.4. The highest BCUT2D eigenvalue weighted by Crippen LogP contribution is 2.23. The fraction of sp³-hybridized carbons (Fsp3) is 0.107. The van der Waals surface area contributed by atoms with E-state index in [4.69, 9.17) is 4.74 Å². The SMILES string of the molecule is COc1ccc(-n2nc3cc(C)c(N/C=c4/c(C)c(C#N)c5nc6ccccc6n5c4=O)cc3n2)cc1. The summed E-state index contributed by atoms with van der Waals surface area (Å²) >= 11 is 0. The number of methoxy groups -OCH3 is 1. The maximum Gasteiger partial charge on any atom is 0.265 e. The number of hydrogen-bond acceptors (Lipinski definition) is 7. The Morgan fingerprint density at radius 1 is 1.00 bits per heavy atom. The van der Waals surface area contributed by atoms with Crippen molar-refractivity contribution in [2.45, 2.75) is 13.8 Å². The van der Waals surface area contributed by atoms with E-state index in [0.29, 0.717) is 38.5 Å². The number of para-hydroxylation sites is 2. The van der Waals surface area contributed by atoms with Gasteiger partial charge in [-0.2, -0.15) is 10.1 Å². The Balaban J connectivity index is 1.45. The van der Waals surface area contributed by atoms with Crippen molar-refractivity contribution in [1.29, 1.82) is 5.26 Å². The molecule has 0 fully saturated rings. The van der Waals surface area contributed by atoms with Crippen molar-refractivity contribution in [2.75, 3.05) is 12.4 Å². The molecule has 0 radical (unpaired) electrons. The van der Waals surface area contributed by atoms with E-state index in [0.717, 1.165) is 28.2 Å². The summed E-state index contributed by atoms with van der Waals surface area (Å²) in [5.41, 5.74) is 6.39. The van der Waals surface area contributed by atoms with Gasteiger partial charge in [-0.3, -0.25) is 9.20 Å². The van der Waals surface area contributed by atoms with Gasteiger partial charge in [0.1, 0.15) is 22.9 Å². The van der Waals surface area contributed by atoms with Gasteiger partial charge < -0.3 is 10.1 Å². The summed E-state index contributed by atoms with van der Waals surface area (Å²) in [5, 5.41) is 22.7. The number of fused-ring (bicyclic) bond motifs is 4. The van der Waals surface area contributed by atoms with Crippen molar-refractivity contribution in [3.63, 3.8) is 0 Å². The second-order valence-corrected chi connectivity index (χ2v) is 8.72. The molecule has 0 aliphatic rings.